The minimum Gasteiger partial charge on any atom is -0.316 e. The summed E-state index contributed by atoms with van der Waals surface area (Å²) in [6, 6.07) is 8.49. The number of hydrogen-bond acceptors (Lipinski definition) is 2. The van der Waals surface area contributed by atoms with Gasteiger partial charge in [-0.25, -0.2) is 4.68 Å². The smallest absolute Gasteiger partial charge is 0.0649 e. The first-order valence-electron chi connectivity index (χ1n) is 6.42. The Kier molecular flexibility index (Phi) is 3.82. The van der Waals surface area contributed by atoms with E-state index < -0.39 is 0 Å². The van der Waals surface area contributed by atoms with Crippen LogP contribution in [0.2, 0.25) is 0 Å². The maximum atomic E-state index is 4.53. The zero-order valence-corrected chi connectivity index (χ0v) is 11.6. The van der Waals surface area contributed by atoms with Gasteiger partial charge in [0.1, 0.15) is 0 Å². The van der Waals surface area contributed by atoms with Gasteiger partial charge >= 0.3 is 0 Å². The van der Waals surface area contributed by atoms with Crippen molar-refractivity contribution >= 4 is 0 Å². The molecule has 0 aliphatic rings. The molecule has 3 nitrogen and oxygen atoms in total. The number of nitrogens with zero attached hydrogens (tertiary/aromatic N) is 2. The van der Waals surface area contributed by atoms with Gasteiger partial charge in [0.2, 0.25) is 0 Å². The van der Waals surface area contributed by atoms with Gasteiger partial charge in [-0.1, -0.05) is 31.5 Å². The van der Waals surface area contributed by atoms with Gasteiger partial charge in [0.15, 0.2) is 0 Å². The lowest BCUT2D eigenvalue weighted by atomic mass is 10.1. The molecule has 0 fully saturated rings. The predicted octanol–water partition coefficient (Wildman–Crippen LogP) is 3.02. The first kappa shape index (κ1) is 12.8. The van der Waals surface area contributed by atoms with Crippen molar-refractivity contribution < 1.29 is 0 Å². The summed E-state index contributed by atoms with van der Waals surface area (Å²) in [6.07, 6.45) is 1.96. The van der Waals surface area contributed by atoms with Crippen LogP contribution in [0.25, 0.3) is 5.69 Å². The number of aryl methyl sites for hydroxylation is 1. The summed E-state index contributed by atoms with van der Waals surface area (Å²) < 4.78 is 2.05. The van der Waals surface area contributed by atoms with Crippen LogP contribution in [-0.4, -0.2) is 16.8 Å². The lowest BCUT2D eigenvalue weighted by molar-refractivity contribution is 0.713. The molecule has 0 saturated carbocycles. The largest absolute Gasteiger partial charge is 0.316 e. The van der Waals surface area contributed by atoms with E-state index in [0.29, 0.717) is 5.92 Å². The van der Waals surface area contributed by atoms with E-state index in [0.717, 1.165) is 12.2 Å². The molecule has 0 amide bonds. The maximum Gasteiger partial charge on any atom is 0.0649 e. The first-order chi connectivity index (χ1) is 8.63. The fraction of sp³-hybridized carbons (Fsp3) is 0.400. The number of hydrogen-bond donors (Lipinski definition) is 1. The number of benzene rings is 1. The van der Waals surface area contributed by atoms with Crippen LogP contribution in [0.3, 0.4) is 0 Å². The number of rotatable bonds is 4. The molecular formula is C15H21N3. The van der Waals surface area contributed by atoms with E-state index in [1.54, 1.807) is 0 Å². The highest BCUT2D eigenvalue weighted by atomic mass is 15.3. The van der Waals surface area contributed by atoms with E-state index in [1.807, 2.05) is 13.2 Å². The van der Waals surface area contributed by atoms with E-state index in [9.17, 15) is 0 Å². The van der Waals surface area contributed by atoms with E-state index in [1.165, 1.54) is 16.8 Å². The third kappa shape index (κ3) is 2.46. The molecule has 0 bridgehead atoms. The fourth-order valence-electron chi connectivity index (χ4n) is 2.23. The normalized spacial score (nSPS) is 11.2. The lowest BCUT2D eigenvalue weighted by Gasteiger charge is -2.13. The molecule has 0 radical (unpaired) electrons. The van der Waals surface area contributed by atoms with Crippen molar-refractivity contribution in [2.24, 2.45) is 0 Å². The van der Waals surface area contributed by atoms with Crippen molar-refractivity contribution in [3.63, 3.8) is 0 Å². The highest BCUT2D eigenvalue weighted by Crippen LogP contribution is 2.23. The van der Waals surface area contributed by atoms with Crippen LogP contribution in [0.15, 0.2) is 30.5 Å². The van der Waals surface area contributed by atoms with E-state index in [2.05, 4.69) is 60.1 Å². The van der Waals surface area contributed by atoms with Crippen LogP contribution in [-0.2, 0) is 6.54 Å². The summed E-state index contributed by atoms with van der Waals surface area (Å²) in [5.41, 5.74) is 4.96. The van der Waals surface area contributed by atoms with Crippen LogP contribution in [0.4, 0.5) is 0 Å². The predicted molar refractivity (Wildman–Crippen MR) is 75.2 cm³/mol. The molecule has 0 unspecified atom stereocenters. The molecular weight excluding hydrogens is 222 g/mol. The van der Waals surface area contributed by atoms with E-state index in [4.69, 9.17) is 0 Å². The molecule has 0 aliphatic carbocycles. The third-order valence-corrected chi connectivity index (χ3v) is 3.08. The topological polar surface area (TPSA) is 29.9 Å². The molecule has 2 aromatic rings. The molecule has 0 aliphatic heterocycles. The Hall–Kier alpha value is -1.61. The summed E-state index contributed by atoms with van der Waals surface area (Å²) in [4.78, 5) is 0. The molecule has 96 valence electrons. The Bertz CT molecular complexity index is 509. The SMILES string of the molecule is CNCc1cnn(-c2ccc(C)cc2)c1C(C)C. The van der Waals surface area contributed by atoms with Crippen LogP contribution in [0.5, 0.6) is 0 Å². The molecule has 3 heteroatoms. The van der Waals surface area contributed by atoms with Crippen molar-refractivity contribution in [3.05, 3.63) is 47.3 Å². The van der Waals surface area contributed by atoms with Crippen molar-refractivity contribution in [1.82, 2.24) is 15.1 Å². The Balaban J connectivity index is 2.47. The summed E-state index contributed by atoms with van der Waals surface area (Å²) in [6.45, 7) is 7.38. The van der Waals surface area contributed by atoms with Gasteiger partial charge in [0.05, 0.1) is 17.6 Å². The molecule has 1 aromatic heterocycles. The lowest BCUT2D eigenvalue weighted by Crippen LogP contribution is -2.10. The second kappa shape index (κ2) is 5.36. The second-order valence-electron chi connectivity index (χ2n) is 4.99. The van der Waals surface area contributed by atoms with Gasteiger partial charge in [0, 0.05) is 12.1 Å². The summed E-state index contributed by atoms with van der Waals surface area (Å²) in [5, 5.41) is 7.73. The van der Waals surface area contributed by atoms with Crippen LogP contribution in [0.1, 0.15) is 36.6 Å². The van der Waals surface area contributed by atoms with Crippen molar-refractivity contribution in [1.29, 1.82) is 0 Å². The quantitative estimate of drug-likeness (QED) is 0.894. The Morgan fingerprint density at radius 1 is 1.22 bits per heavy atom. The zero-order valence-electron chi connectivity index (χ0n) is 11.6. The summed E-state index contributed by atoms with van der Waals surface area (Å²) in [7, 11) is 1.97. The highest BCUT2D eigenvalue weighted by Gasteiger charge is 2.14. The second-order valence-corrected chi connectivity index (χ2v) is 4.99. The fourth-order valence-corrected chi connectivity index (χ4v) is 2.23. The van der Waals surface area contributed by atoms with Gasteiger partial charge in [-0.3, -0.25) is 0 Å². The molecule has 18 heavy (non-hydrogen) atoms. The molecule has 1 heterocycles. The van der Waals surface area contributed by atoms with Crippen LogP contribution < -0.4 is 5.32 Å². The van der Waals surface area contributed by atoms with Crippen molar-refractivity contribution in [2.75, 3.05) is 7.05 Å². The zero-order chi connectivity index (χ0) is 13.1. The highest BCUT2D eigenvalue weighted by molar-refractivity contribution is 5.38. The molecule has 1 aromatic carbocycles. The van der Waals surface area contributed by atoms with Gasteiger partial charge in [-0.15, -0.1) is 0 Å². The van der Waals surface area contributed by atoms with Gasteiger partial charge in [-0.05, 0) is 32.0 Å². The van der Waals surface area contributed by atoms with Crippen LogP contribution >= 0.6 is 0 Å². The van der Waals surface area contributed by atoms with Gasteiger partial charge < -0.3 is 5.32 Å². The monoisotopic (exact) mass is 243 g/mol. The summed E-state index contributed by atoms with van der Waals surface area (Å²) in [5.74, 6) is 0.456. The third-order valence-electron chi connectivity index (χ3n) is 3.08. The van der Waals surface area contributed by atoms with E-state index in [-0.39, 0.29) is 0 Å². The Morgan fingerprint density at radius 3 is 2.44 bits per heavy atom. The average molecular weight is 243 g/mol. The minimum atomic E-state index is 0.456. The number of aromatic nitrogens is 2. The standard InChI is InChI=1S/C15H21N3/c1-11(2)15-13(9-16-4)10-17-18(15)14-7-5-12(3)6-8-14/h5-8,10-11,16H,9H2,1-4H3. The maximum absolute atomic E-state index is 4.53. The Labute approximate surface area is 109 Å². The average Bonchev–Trinajstić information content (AvgIpc) is 2.74. The molecule has 0 saturated heterocycles. The first-order valence-corrected chi connectivity index (χ1v) is 6.42. The van der Waals surface area contributed by atoms with Crippen LogP contribution in [0, 0.1) is 6.92 Å². The van der Waals surface area contributed by atoms with Gasteiger partial charge in [0.25, 0.3) is 0 Å². The van der Waals surface area contributed by atoms with Crippen molar-refractivity contribution in [3.8, 4) is 5.69 Å². The molecule has 1 N–H and O–H groups in total. The molecule has 2 rings (SSSR count). The van der Waals surface area contributed by atoms with Crippen molar-refractivity contribution in [2.45, 2.75) is 33.2 Å². The minimum absolute atomic E-state index is 0.456. The van der Waals surface area contributed by atoms with Gasteiger partial charge in [-0.2, -0.15) is 5.10 Å². The van der Waals surface area contributed by atoms with E-state index >= 15 is 0 Å². The number of nitrogens with one attached hydrogen (secondary N) is 1. The summed E-state index contributed by atoms with van der Waals surface area (Å²) >= 11 is 0. The molecule has 0 atom stereocenters. The molecule has 0 spiro atoms. The Morgan fingerprint density at radius 2 is 1.89 bits per heavy atom.